The van der Waals surface area contributed by atoms with Crippen LogP contribution in [0.3, 0.4) is 0 Å². The van der Waals surface area contributed by atoms with Gasteiger partial charge in [-0.25, -0.2) is 0 Å². The van der Waals surface area contributed by atoms with Crippen molar-refractivity contribution < 1.29 is 0 Å². The van der Waals surface area contributed by atoms with E-state index >= 15 is 0 Å². The molecule has 6 heteroatoms. The molecule has 2 aromatic heterocycles. The third-order valence-electron chi connectivity index (χ3n) is 3.29. The summed E-state index contributed by atoms with van der Waals surface area (Å²) in [5.74, 6) is 1.30. The predicted octanol–water partition coefficient (Wildman–Crippen LogP) is 1.76. The molecular formula is C14H24N6. The van der Waals surface area contributed by atoms with Crippen molar-refractivity contribution in [3.63, 3.8) is 0 Å². The summed E-state index contributed by atoms with van der Waals surface area (Å²) in [6, 6.07) is 2.56. The molecule has 2 aromatic rings. The summed E-state index contributed by atoms with van der Waals surface area (Å²) in [6.07, 6.45) is 5.39. The molecule has 0 amide bonds. The average Bonchev–Trinajstić information content (AvgIpc) is 3.00. The first-order valence-electron chi connectivity index (χ1n) is 7.22. The Kier molecular flexibility index (Phi) is 4.89. The van der Waals surface area contributed by atoms with Crippen molar-refractivity contribution in [1.29, 1.82) is 0 Å². The minimum absolute atomic E-state index is 0.394. The molecule has 0 saturated heterocycles. The van der Waals surface area contributed by atoms with Crippen LogP contribution in [0.4, 0.5) is 0 Å². The number of hydrogen-bond acceptors (Lipinski definition) is 4. The molecule has 1 atom stereocenters. The van der Waals surface area contributed by atoms with E-state index in [1.807, 2.05) is 0 Å². The molecule has 0 radical (unpaired) electrons. The van der Waals surface area contributed by atoms with E-state index in [1.165, 1.54) is 10.4 Å². The van der Waals surface area contributed by atoms with Crippen molar-refractivity contribution in [2.45, 2.75) is 39.8 Å². The van der Waals surface area contributed by atoms with Gasteiger partial charge in [0.05, 0.1) is 13.6 Å². The van der Waals surface area contributed by atoms with Gasteiger partial charge in [-0.2, -0.15) is 4.80 Å². The highest BCUT2D eigenvalue weighted by Crippen LogP contribution is 2.22. The molecular weight excluding hydrogens is 252 g/mol. The number of hydrogen-bond donors (Lipinski definition) is 1. The Balaban J connectivity index is 2.06. The topological polar surface area (TPSA) is 60.6 Å². The molecule has 1 unspecified atom stereocenters. The molecule has 0 aliphatic carbocycles. The molecule has 0 aliphatic heterocycles. The quantitative estimate of drug-likeness (QED) is 0.837. The predicted molar refractivity (Wildman–Crippen MR) is 78.2 cm³/mol. The summed E-state index contributed by atoms with van der Waals surface area (Å²) in [5, 5.41) is 15.7. The highest BCUT2D eigenvalue weighted by Gasteiger charge is 2.16. The van der Waals surface area contributed by atoms with Gasteiger partial charge in [0.2, 0.25) is 0 Å². The molecule has 0 saturated carbocycles. The fourth-order valence-corrected chi connectivity index (χ4v) is 2.33. The fourth-order valence-electron chi connectivity index (χ4n) is 2.33. The zero-order valence-corrected chi connectivity index (χ0v) is 12.7. The fraction of sp³-hybridized carbons (Fsp3) is 0.643. The van der Waals surface area contributed by atoms with Gasteiger partial charge in [-0.3, -0.25) is 0 Å². The Labute approximate surface area is 120 Å². The Hall–Kier alpha value is -1.69. The molecule has 0 aliphatic rings. The van der Waals surface area contributed by atoms with Crippen LogP contribution in [0.5, 0.6) is 0 Å². The molecule has 0 spiro atoms. The Morgan fingerprint density at radius 1 is 1.35 bits per heavy atom. The summed E-state index contributed by atoms with van der Waals surface area (Å²) in [7, 11) is 1.78. The van der Waals surface area contributed by atoms with E-state index in [0.717, 1.165) is 18.8 Å². The molecule has 2 rings (SSSR count). The van der Waals surface area contributed by atoms with Crippen LogP contribution in [0.15, 0.2) is 18.5 Å². The molecule has 0 bridgehead atoms. The normalized spacial score (nSPS) is 13.1. The summed E-state index contributed by atoms with van der Waals surface area (Å²) in [4.78, 5) is 1.49. The van der Waals surface area contributed by atoms with Crippen molar-refractivity contribution in [3.05, 3.63) is 29.8 Å². The van der Waals surface area contributed by atoms with E-state index in [1.54, 1.807) is 7.05 Å². The van der Waals surface area contributed by atoms with Crippen molar-refractivity contribution in [1.82, 2.24) is 30.1 Å². The molecule has 20 heavy (non-hydrogen) atoms. The van der Waals surface area contributed by atoms with E-state index in [9.17, 15) is 0 Å². The first-order valence-corrected chi connectivity index (χ1v) is 7.22. The number of nitrogens with one attached hydrogen (secondary N) is 1. The highest BCUT2D eigenvalue weighted by atomic mass is 15.6. The van der Waals surface area contributed by atoms with Crippen LogP contribution in [-0.4, -0.2) is 31.3 Å². The number of nitrogens with zero attached hydrogens (tertiary/aromatic N) is 5. The largest absolute Gasteiger partial charge is 0.346 e. The third kappa shape index (κ3) is 3.66. The maximum Gasteiger partial charge on any atom is 0.194 e. The number of aryl methyl sites for hydroxylation is 1. The van der Waals surface area contributed by atoms with Crippen LogP contribution < -0.4 is 5.32 Å². The van der Waals surface area contributed by atoms with Gasteiger partial charge in [0.1, 0.15) is 0 Å². The zero-order valence-electron chi connectivity index (χ0n) is 12.7. The molecule has 1 N–H and O–H groups in total. The van der Waals surface area contributed by atoms with Gasteiger partial charge in [-0.15, -0.1) is 10.2 Å². The van der Waals surface area contributed by atoms with Gasteiger partial charge >= 0.3 is 0 Å². The summed E-state index contributed by atoms with van der Waals surface area (Å²) in [5.41, 5.74) is 1.32. The molecule has 2 heterocycles. The van der Waals surface area contributed by atoms with Crippen LogP contribution in [0.1, 0.15) is 44.6 Å². The Morgan fingerprint density at radius 2 is 2.15 bits per heavy atom. The van der Waals surface area contributed by atoms with Crippen molar-refractivity contribution in [3.8, 4) is 0 Å². The highest BCUT2D eigenvalue weighted by molar-refractivity contribution is 5.16. The smallest absolute Gasteiger partial charge is 0.194 e. The van der Waals surface area contributed by atoms with Crippen LogP contribution in [0.25, 0.3) is 0 Å². The van der Waals surface area contributed by atoms with E-state index in [4.69, 9.17) is 0 Å². The lowest BCUT2D eigenvalue weighted by Crippen LogP contribution is -2.26. The second kappa shape index (κ2) is 6.65. The Bertz CT molecular complexity index is 527. The van der Waals surface area contributed by atoms with Gasteiger partial charge in [-0.05, 0) is 35.7 Å². The SMILES string of the molecule is CCCNC(c1ccn(Cc2nnn(C)n2)c1)C(C)C. The van der Waals surface area contributed by atoms with Crippen LogP contribution in [0, 0.1) is 5.92 Å². The van der Waals surface area contributed by atoms with Crippen molar-refractivity contribution in [2.24, 2.45) is 13.0 Å². The maximum atomic E-state index is 4.20. The third-order valence-corrected chi connectivity index (χ3v) is 3.29. The number of rotatable bonds is 7. The van der Waals surface area contributed by atoms with E-state index < -0.39 is 0 Å². The lowest BCUT2D eigenvalue weighted by Gasteiger charge is -2.21. The zero-order chi connectivity index (χ0) is 14.5. The second-order valence-corrected chi connectivity index (χ2v) is 5.49. The maximum absolute atomic E-state index is 4.20. The molecule has 110 valence electrons. The molecule has 6 nitrogen and oxygen atoms in total. The summed E-state index contributed by atoms with van der Waals surface area (Å²) in [6.45, 7) is 8.38. The van der Waals surface area contributed by atoms with Gasteiger partial charge in [0.15, 0.2) is 5.82 Å². The Morgan fingerprint density at radius 3 is 2.75 bits per heavy atom. The number of tetrazole rings is 1. The van der Waals surface area contributed by atoms with Gasteiger partial charge in [-0.1, -0.05) is 20.8 Å². The van der Waals surface area contributed by atoms with E-state index in [0.29, 0.717) is 18.5 Å². The minimum atomic E-state index is 0.394. The monoisotopic (exact) mass is 276 g/mol. The van der Waals surface area contributed by atoms with Crippen molar-refractivity contribution >= 4 is 0 Å². The summed E-state index contributed by atoms with van der Waals surface area (Å²) >= 11 is 0. The van der Waals surface area contributed by atoms with E-state index in [-0.39, 0.29) is 0 Å². The van der Waals surface area contributed by atoms with Crippen LogP contribution in [-0.2, 0) is 13.6 Å². The minimum Gasteiger partial charge on any atom is -0.346 e. The van der Waals surface area contributed by atoms with E-state index in [2.05, 4.69) is 64.5 Å². The van der Waals surface area contributed by atoms with Gasteiger partial charge in [0, 0.05) is 18.4 Å². The van der Waals surface area contributed by atoms with Gasteiger partial charge in [0.25, 0.3) is 0 Å². The molecule has 0 fully saturated rings. The average molecular weight is 276 g/mol. The first kappa shape index (κ1) is 14.7. The lowest BCUT2D eigenvalue weighted by atomic mass is 9.98. The molecule has 0 aromatic carbocycles. The first-order chi connectivity index (χ1) is 9.60. The lowest BCUT2D eigenvalue weighted by molar-refractivity contribution is 0.412. The number of aromatic nitrogens is 5. The standard InChI is InChI=1S/C14H24N6/c1-5-7-15-14(11(2)3)12-6-8-20(9-12)10-13-16-18-19(4)17-13/h6,8-9,11,14-15H,5,7,10H2,1-4H3. The summed E-state index contributed by atoms with van der Waals surface area (Å²) < 4.78 is 2.11. The van der Waals surface area contributed by atoms with Gasteiger partial charge < -0.3 is 9.88 Å². The van der Waals surface area contributed by atoms with Crippen molar-refractivity contribution in [2.75, 3.05) is 6.54 Å². The second-order valence-electron chi connectivity index (χ2n) is 5.49. The van der Waals surface area contributed by atoms with Crippen LogP contribution in [0.2, 0.25) is 0 Å². The van der Waals surface area contributed by atoms with Crippen LogP contribution >= 0.6 is 0 Å².